The number of aryl methyl sites for hydroxylation is 1. The Balaban J connectivity index is 3.18. The highest BCUT2D eigenvalue weighted by atomic mass is 16.3. The number of phenolic OH excluding ortho intramolecular Hbond substituents is 1. The van der Waals surface area contributed by atoms with Gasteiger partial charge in [-0.1, -0.05) is 45.4 Å². The number of benzene rings is 1. The van der Waals surface area contributed by atoms with Crippen LogP contribution in [0.2, 0.25) is 0 Å². The van der Waals surface area contributed by atoms with Gasteiger partial charge in [-0.15, -0.1) is 0 Å². The smallest absolute Gasteiger partial charge is 0.162 e. The highest BCUT2D eigenvalue weighted by Gasteiger charge is 2.27. The Hall–Kier alpha value is -1.54. The van der Waals surface area contributed by atoms with E-state index in [0.717, 1.165) is 24.8 Å². The van der Waals surface area contributed by atoms with E-state index in [9.17, 15) is 25.5 Å². The molecule has 0 saturated carbocycles. The summed E-state index contributed by atoms with van der Waals surface area (Å²) in [6.07, 6.45) is 4.86. The Labute approximate surface area is 181 Å². The monoisotopic (exact) mass is 426 g/mol. The molecule has 0 amide bonds. The van der Waals surface area contributed by atoms with Crippen molar-refractivity contribution in [1.82, 2.24) is 0 Å². The molecule has 1 aromatic carbocycles. The molecule has 7 heteroatoms. The largest absolute Gasteiger partial charge is 0.504 e. The summed E-state index contributed by atoms with van der Waals surface area (Å²) in [6, 6.07) is 3.52. The van der Waals surface area contributed by atoms with Gasteiger partial charge < -0.3 is 35.3 Å². The van der Waals surface area contributed by atoms with Crippen LogP contribution in [-0.4, -0.2) is 50.4 Å². The average molecular weight is 427 g/mol. The SMILES string of the molecule is CCCCCCCCCc1cc(N(C(C)O)C(C)O)c(O)c(N(C(C)O)C(C)O)c1. The first-order valence-electron chi connectivity index (χ1n) is 11.3. The summed E-state index contributed by atoms with van der Waals surface area (Å²) in [5.74, 6) is -0.207. The molecule has 0 aliphatic carbocycles. The minimum atomic E-state index is -1.04. The quantitative estimate of drug-likeness (QED) is 0.228. The summed E-state index contributed by atoms with van der Waals surface area (Å²) < 4.78 is 0. The lowest BCUT2D eigenvalue weighted by molar-refractivity contribution is 0.102. The first kappa shape index (κ1) is 26.5. The van der Waals surface area contributed by atoms with Crippen LogP contribution in [0.15, 0.2) is 12.1 Å². The fourth-order valence-electron chi connectivity index (χ4n) is 3.91. The van der Waals surface area contributed by atoms with Crippen LogP contribution in [0.5, 0.6) is 5.75 Å². The van der Waals surface area contributed by atoms with E-state index >= 15 is 0 Å². The zero-order chi connectivity index (χ0) is 22.8. The third-order valence-electron chi connectivity index (χ3n) is 5.37. The Kier molecular flexibility index (Phi) is 11.5. The van der Waals surface area contributed by atoms with Gasteiger partial charge in [0.25, 0.3) is 0 Å². The Morgan fingerprint density at radius 2 is 1.03 bits per heavy atom. The minimum Gasteiger partial charge on any atom is -0.504 e. The maximum Gasteiger partial charge on any atom is 0.162 e. The lowest BCUT2D eigenvalue weighted by atomic mass is 10.0. The van der Waals surface area contributed by atoms with Crippen molar-refractivity contribution in [2.45, 2.75) is 111 Å². The molecule has 7 nitrogen and oxygen atoms in total. The molecule has 1 rings (SSSR count). The number of phenols is 1. The second kappa shape index (κ2) is 13.0. The molecular formula is C23H42N2O5. The number of aliphatic hydroxyl groups excluding tert-OH is 4. The second-order valence-corrected chi connectivity index (χ2v) is 8.20. The number of nitrogens with zero attached hydrogens (tertiary/aromatic N) is 2. The molecular weight excluding hydrogens is 384 g/mol. The summed E-state index contributed by atoms with van der Waals surface area (Å²) in [6.45, 7) is 8.24. The summed E-state index contributed by atoms with van der Waals surface area (Å²) in [7, 11) is 0. The van der Waals surface area contributed by atoms with Gasteiger partial charge in [-0.25, -0.2) is 0 Å². The van der Waals surface area contributed by atoms with Crippen molar-refractivity contribution >= 4 is 11.4 Å². The Morgan fingerprint density at radius 3 is 1.40 bits per heavy atom. The summed E-state index contributed by atoms with van der Waals surface area (Å²) >= 11 is 0. The van der Waals surface area contributed by atoms with E-state index in [1.54, 1.807) is 12.1 Å². The zero-order valence-electron chi connectivity index (χ0n) is 19.3. The Bertz CT molecular complexity index is 563. The van der Waals surface area contributed by atoms with Gasteiger partial charge in [0.2, 0.25) is 0 Å². The fourth-order valence-corrected chi connectivity index (χ4v) is 3.91. The predicted molar refractivity (Wildman–Crippen MR) is 121 cm³/mol. The van der Waals surface area contributed by atoms with E-state index in [2.05, 4.69) is 6.92 Å². The van der Waals surface area contributed by atoms with Gasteiger partial charge >= 0.3 is 0 Å². The van der Waals surface area contributed by atoms with Crippen LogP contribution in [0.25, 0.3) is 0 Å². The third-order valence-corrected chi connectivity index (χ3v) is 5.37. The number of unbranched alkanes of at least 4 members (excludes halogenated alkanes) is 6. The summed E-state index contributed by atoms with van der Waals surface area (Å²) in [5, 5.41) is 51.5. The van der Waals surface area contributed by atoms with E-state index in [1.807, 2.05) is 0 Å². The zero-order valence-corrected chi connectivity index (χ0v) is 19.3. The predicted octanol–water partition coefficient (Wildman–Crippen LogP) is 3.65. The lowest BCUT2D eigenvalue weighted by Gasteiger charge is -2.35. The fraction of sp³-hybridized carbons (Fsp3) is 0.739. The van der Waals surface area contributed by atoms with Crippen molar-refractivity contribution in [2.75, 3.05) is 9.80 Å². The van der Waals surface area contributed by atoms with Gasteiger partial charge in [-0.05, 0) is 58.2 Å². The molecule has 0 spiro atoms. The molecule has 0 fully saturated rings. The van der Waals surface area contributed by atoms with Gasteiger partial charge in [0.05, 0.1) is 11.4 Å². The van der Waals surface area contributed by atoms with Gasteiger partial charge in [-0.3, -0.25) is 0 Å². The minimum absolute atomic E-state index is 0.207. The molecule has 4 unspecified atom stereocenters. The van der Waals surface area contributed by atoms with Gasteiger partial charge in [0.15, 0.2) is 5.75 Å². The maximum atomic E-state index is 10.9. The Morgan fingerprint density at radius 1 is 0.667 bits per heavy atom. The van der Waals surface area contributed by atoms with Crippen LogP contribution in [0, 0.1) is 0 Å². The van der Waals surface area contributed by atoms with Crippen LogP contribution in [-0.2, 0) is 6.42 Å². The molecule has 0 aliphatic heterocycles. The van der Waals surface area contributed by atoms with E-state index in [-0.39, 0.29) is 17.1 Å². The summed E-state index contributed by atoms with van der Waals surface area (Å²) in [5.41, 5.74) is 1.44. The first-order valence-corrected chi connectivity index (χ1v) is 11.3. The highest BCUT2D eigenvalue weighted by Crippen LogP contribution is 2.41. The molecule has 4 atom stereocenters. The number of anilines is 2. The topological polar surface area (TPSA) is 108 Å². The molecule has 0 bridgehead atoms. The molecule has 0 aromatic heterocycles. The lowest BCUT2D eigenvalue weighted by Crippen LogP contribution is -2.42. The van der Waals surface area contributed by atoms with E-state index in [1.165, 1.54) is 69.6 Å². The number of rotatable bonds is 14. The van der Waals surface area contributed by atoms with Crippen molar-refractivity contribution in [3.8, 4) is 5.75 Å². The van der Waals surface area contributed by atoms with Crippen LogP contribution >= 0.6 is 0 Å². The van der Waals surface area contributed by atoms with Crippen LogP contribution in [0.4, 0.5) is 11.4 Å². The van der Waals surface area contributed by atoms with Crippen molar-refractivity contribution in [3.63, 3.8) is 0 Å². The molecule has 0 heterocycles. The van der Waals surface area contributed by atoms with Crippen molar-refractivity contribution in [2.24, 2.45) is 0 Å². The molecule has 5 N–H and O–H groups in total. The molecule has 1 aromatic rings. The molecule has 0 radical (unpaired) electrons. The van der Waals surface area contributed by atoms with Crippen LogP contribution in [0.1, 0.15) is 85.1 Å². The number of hydrogen-bond donors (Lipinski definition) is 5. The second-order valence-electron chi connectivity index (χ2n) is 8.20. The van der Waals surface area contributed by atoms with E-state index < -0.39 is 24.9 Å². The van der Waals surface area contributed by atoms with Gasteiger partial charge in [0.1, 0.15) is 24.9 Å². The summed E-state index contributed by atoms with van der Waals surface area (Å²) in [4.78, 5) is 2.60. The maximum absolute atomic E-state index is 10.9. The molecule has 0 saturated heterocycles. The highest BCUT2D eigenvalue weighted by molar-refractivity contribution is 5.74. The average Bonchev–Trinajstić information content (AvgIpc) is 2.63. The van der Waals surface area contributed by atoms with E-state index in [0.29, 0.717) is 0 Å². The van der Waals surface area contributed by atoms with Crippen molar-refractivity contribution < 1.29 is 25.5 Å². The first-order chi connectivity index (χ1) is 14.1. The van der Waals surface area contributed by atoms with Gasteiger partial charge in [0, 0.05) is 0 Å². The standard InChI is InChI=1S/C23H42N2O5/c1-6-7-8-9-10-11-12-13-20-14-21(24(16(2)26)17(3)27)23(30)22(15-20)25(18(4)28)19(5)29/h14-19,26-30H,6-13H2,1-5H3. The molecule has 0 aliphatic rings. The van der Waals surface area contributed by atoms with Crippen molar-refractivity contribution in [1.29, 1.82) is 0 Å². The van der Waals surface area contributed by atoms with E-state index in [4.69, 9.17) is 0 Å². The van der Waals surface area contributed by atoms with Crippen molar-refractivity contribution in [3.05, 3.63) is 17.7 Å². The van der Waals surface area contributed by atoms with Crippen LogP contribution in [0.3, 0.4) is 0 Å². The third kappa shape index (κ3) is 7.61. The van der Waals surface area contributed by atoms with Gasteiger partial charge in [-0.2, -0.15) is 0 Å². The number of aliphatic hydroxyl groups is 4. The number of hydrogen-bond acceptors (Lipinski definition) is 7. The number of aromatic hydroxyl groups is 1. The normalized spacial score (nSPS) is 15.5. The molecule has 30 heavy (non-hydrogen) atoms. The van der Waals surface area contributed by atoms with Crippen LogP contribution < -0.4 is 9.80 Å². The molecule has 174 valence electrons.